The molecule has 2 aromatic rings. The summed E-state index contributed by atoms with van der Waals surface area (Å²) in [7, 11) is 1.62. The number of methoxy groups -OCH3 is 1. The van der Waals surface area contributed by atoms with Crippen molar-refractivity contribution in [1.82, 2.24) is 20.7 Å². The molecule has 0 aliphatic carbocycles. The predicted molar refractivity (Wildman–Crippen MR) is 125 cm³/mol. The minimum Gasteiger partial charge on any atom is -0.497 e. The van der Waals surface area contributed by atoms with Crippen LogP contribution in [0.4, 0.5) is 0 Å². The Labute approximate surface area is 190 Å². The van der Waals surface area contributed by atoms with E-state index in [2.05, 4.69) is 41.6 Å². The molecule has 0 aromatic heterocycles. The van der Waals surface area contributed by atoms with E-state index in [4.69, 9.17) is 4.74 Å². The van der Waals surface area contributed by atoms with Gasteiger partial charge in [-0.25, -0.2) is 5.01 Å². The van der Waals surface area contributed by atoms with Crippen molar-refractivity contribution in [3.63, 3.8) is 0 Å². The highest BCUT2D eigenvalue weighted by Crippen LogP contribution is 2.20. The maximum atomic E-state index is 12.5. The highest BCUT2D eigenvalue weighted by molar-refractivity contribution is 5.88. The van der Waals surface area contributed by atoms with Gasteiger partial charge in [-0.2, -0.15) is 0 Å². The number of hydrogen-bond donors (Lipinski definition) is 2. The summed E-state index contributed by atoms with van der Waals surface area (Å²) >= 11 is 0. The SMILES string of the molecule is COc1ccc(C2=CCC(=O)N(CC(=O)NCCN(Cc3ccccc3)C(C)C)N2)cc1. The number of carbonyl (C=O) groups excluding carboxylic acids is 2. The van der Waals surface area contributed by atoms with Crippen LogP contribution in [0.2, 0.25) is 0 Å². The Bertz CT molecular complexity index is 926. The number of rotatable bonds is 10. The molecule has 1 heterocycles. The van der Waals surface area contributed by atoms with E-state index >= 15 is 0 Å². The van der Waals surface area contributed by atoms with Crippen LogP contribution >= 0.6 is 0 Å². The number of ether oxygens (including phenoxy) is 1. The average molecular weight is 437 g/mol. The van der Waals surface area contributed by atoms with Gasteiger partial charge in [0.2, 0.25) is 11.8 Å². The summed E-state index contributed by atoms with van der Waals surface area (Å²) in [6, 6.07) is 18.2. The fourth-order valence-corrected chi connectivity index (χ4v) is 3.51. The first kappa shape index (κ1) is 23.3. The first-order chi connectivity index (χ1) is 15.5. The molecule has 2 amide bonds. The van der Waals surface area contributed by atoms with Gasteiger partial charge in [0.25, 0.3) is 0 Å². The van der Waals surface area contributed by atoms with Crippen LogP contribution < -0.4 is 15.5 Å². The van der Waals surface area contributed by atoms with E-state index < -0.39 is 0 Å². The Morgan fingerprint density at radius 2 is 1.88 bits per heavy atom. The standard InChI is InChI=1S/C25H32N4O3/c1-19(2)28(17-20-7-5-4-6-8-20)16-15-26-24(30)18-29-25(31)14-13-23(27-29)21-9-11-22(32-3)12-10-21/h4-13,19,27H,14-18H2,1-3H3,(H,26,30). The Morgan fingerprint density at radius 3 is 2.53 bits per heavy atom. The third-order valence-electron chi connectivity index (χ3n) is 5.42. The number of nitrogens with zero attached hydrogens (tertiary/aromatic N) is 2. The molecule has 0 atom stereocenters. The van der Waals surface area contributed by atoms with Gasteiger partial charge in [0.1, 0.15) is 12.3 Å². The van der Waals surface area contributed by atoms with Crippen LogP contribution in [0.3, 0.4) is 0 Å². The van der Waals surface area contributed by atoms with Gasteiger partial charge in [-0.3, -0.25) is 19.9 Å². The number of hydrazine groups is 1. The quantitative estimate of drug-likeness (QED) is 0.599. The van der Waals surface area contributed by atoms with E-state index in [0.29, 0.717) is 12.6 Å². The fourth-order valence-electron chi connectivity index (χ4n) is 3.51. The molecule has 0 bridgehead atoms. The van der Waals surface area contributed by atoms with Crippen LogP contribution in [0, 0.1) is 0 Å². The number of benzene rings is 2. The van der Waals surface area contributed by atoms with Crippen molar-refractivity contribution in [2.45, 2.75) is 32.9 Å². The Hall–Kier alpha value is -3.32. The molecule has 0 fully saturated rings. The van der Waals surface area contributed by atoms with Crippen LogP contribution in [0.5, 0.6) is 5.75 Å². The summed E-state index contributed by atoms with van der Waals surface area (Å²) in [5.74, 6) is 0.440. The molecule has 0 unspecified atom stereocenters. The lowest BCUT2D eigenvalue weighted by Gasteiger charge is -2.29. The van der Waals surface area contributed by atoms with E-state index in [1.54, 1.807) is 7.11 Å². The number of nitrogens with one attached hydrogen (secondary N) is 2. The Balaban J connectivity index is 1.49. The van der Waals surface area contributed by atoms with Gasteiger partial charge in [0, 0.05) is 32.1 Å². The molecule has 0 saturated heterocycles. The van der Waals surface area contributed by atoms with Gasteiger partial charge in [-0.1, -0.05) is 30.3 Å². The second-order valence-corrected chi connectivity index (χ2v) is 8.04. The molecule has 7 heteroatoms. The van der Waals surface area contributed by atoms with E-state index in [0.717, 1.165) is 30.1 Å². The molecular weight excluding hydrogens is 404 g/mol. The topological polar surface area (TPSA) is 73.9 Å². The van der Waals surface area contributed by atoms with Crippen molar-refractivity contribution in [3.05, 3.63) is 71.8 Å². The van der Waals surface area contributed by atoms with Crippen LogP contribution in [-0.2, 0) is 16.1 Å². The monoisotopic (exact) mass is 436 g/mol. The van der Waals surface area contributed by atoms with E-state index in [9.17, 15) is 9.59 Å². The zero-order valence-electron chi connectivity index (χ0n) is 19.0. The molecule has 2 N–H and O–H groups in total. The molecular formula is C25H32N4O3. The van der Waals surface area contributed by atoms with Crippen molar-refractivity contribution in [1.29, 1.82) is 0 Å². The second kappa shape index (κ2) is 11.3. The number of hydrogen-bond acceptors (Lipinski definition) is 5. The third-order valence-corrected chi connectivity index (χ3v) is 5.42. The second-order valence-electron chi connectivity index (χ2n) is 8.04. The van der Waals surface area contributed by atoms with E-state index in [1.807, 2.05) is 48.5 Å². The molecule has 0 spiro atoms. The molecule has 7 nitrogen and oxygen atoms in total. The molecule has 1 aliphatic heterocycles. The summed E-state index contributed by atoms with van der Waals surface area (Å²) in [6.45, 7) is 6.34. The minimum atomic E-state index is -0.190. The first-order valence-electron chi connectivity index (χ1n) is 10.9. The molecule has 1 aliphatic rings. The fraction of sp³-hybridized carbons (Fsp3) is 0.360. The Kier molecular flexibility index (Phi) is 8.27. The predicted octanol–water partition coefficient (Wildman–Crippen LogP) is 2.80. The maximum absolute atomic E-state index is 12.5. The molecule has 3 rings (SSSR count). The lowest BCUT2D eigenvalue weighted by molar-refractivity contribution is -0.137. The molecule has 0 radical (unpaired) electrons. The first-order valence-corrected chi connectivity index (χ1v) is 10.9. The van der Waals surface area contributed by atoms with Crippen molar-refractivity contribution in [2.75, 3.05) is 26.7 Å². The van der Waals surface area contributed by atoms with Gasteiger partial charge in [-0.05, 0) is 55.3 Å². The van der Waals surface area contributed by atoms with Crippen LogP contribution in [-0.4, -0.2) is 54.5 Å². The zero-order chi connectivity index (χ0) is 22.9. The van der Waals surface area contributed by atoms with Crippen molar-refractivity contribution < 1.29 is 14.3 Å². The van der Waals surface area contributed by atoms with Gasteiger partial charge < -0.3 is 10.1 Å². The molecule has 170 valence electrons. The van der Waals surface area contributed by atoms with Crippen LogP contribution in [0.25, 0.3) is 5.70 Å². The molecule has 32 heavy (non-hydrogen) atoms. The average Bonchev–Trinajstić information content (AvgIpc) is 2.80. The van der Waals surface area contributed by atoms with Gasteiger partial charge in [0.15, 0.2) is 0 Å². The normalized spacial score (nSPS) is 13.7. The van der Waals surface area contributed by atoms with Crippen molar-refractivity contribution in [2.24, 2.45) is 0 Å². The largest absolute Gasteiger partial charge is 0.497 e. The van der Waals surface area contributed by atoms with Gasteiger partial charge >= 0.3 is 0 Å². The maximum Gasteiger partial charge on any atom is 0.245 e. The summed E-state index contributed by atoms with van der Waals surface area (Å²) in [6.07, 6.45) is 2.09. The van der Waals surface area contributed by atoms with Crippen molar-refractivity contribution >= 4 is 17.5 Å². The number of amides is 2. The summed E-state index contributed by atoms with van der Waals surface area (Å²) in [5.41, 5.74) is 6.04. The van der Waals surface area contributed by atoms with E-state index in [-0.39, 0.29) is 24.8 Å². The summed E-state index contributed by atoms with van der Waals surface area (Å²) < 4.78 is 5.19. The third kappa shape index (κ3) is 6.59. The minimum absolute atomic E-state index is 0.0350. The van der Waals surface area contributed by atoms with Crippen molar-refractivity contribution in [3.8, 4) is 5.75 Å². The Morgan fingerprint density at radius 1 is 1.16 bits per heavy atom. The zero-order valence-corrected chi connectivity index (χ0v) is 19.0. The summed E-state index contributed by atoms with van der Waals surface area (Å²) in [4.78, 5) is 27.1. The lowest BCUT2D eigenvalue weighted by atomic mass is 10.1. The summed E-state index contributed by atoms with van der Waals surface area (Å²) in [5, 5.41) is 4.31. The lowest BCUT2D eigenvalue weighted by Crippen LogP contribution is -2.50. The highest BCUT2D eigenvalue weighted by atomic mass is 16.5. The van der Waals surface area contributed by atoms with E-state index in [1.165, 1.54) is 10.6 Å². The number of carbonyl (C=O) groups is 2. The van der Waals surface area contributed by atoms with Gasteiger partial charge in [0.05, 0.1) is 12.8 Å². The van der Waals surface area contributed by atoms with Crippen LogP contribution in [0.15, 0.2) is 60.7 Å². The molecule has 2 aromatic carbocycles. The van der Waals surface area contributed by atoms with Crippen LogP contribution in [0.1, 0.15) is 31.4 Å². The smallest absolute Gasteiger partial charge is 0.245 e. The molecule has 0 saturated carbocycles. The van der Waals surface area contributed by atoms with Gasteiger partial charge in [-0.15, -0.1) is 0 Å². The highest BCUT2D eigenvalue weighted by Gasteiger charge is 2.22.